The average molecular weight is 376 g/mol. The number of hydrogen-bond donors (Lipinski definition) is 0. The highest BCUT2D eigenvalue weighted by Crippen LogP contribution is 2.30. The van der Waals surface area contributed by atoms with Crippen molar-refractivity contribution in [1.82, 2.24) is 0 Å². The number of rotatable bonds is 3. The summed E-state index contributed by atoms with van der Waals surface area (Å²) in [5, 5.41) is 0.730. The number of carbonyl (C=O) groups excluding carboxylic acids is 1. The molecule has 0 atom stereocenters. The van der Waals surface area contributed by atoms with Crippen molar-refractivity contribution in [2.75, 3.05) is 11.4 Å². The molecule has 2 nitrogen and oxygen atoms in total. The third-order valence-electron chi connectivity index (χ3n) is 5.11. The molecule has 136 valence electrons. The first kappa shape index (κ1) is 17.8. The molecule has 0 aliphatic carbocycles. The largest absolute Gasteiger partial charge is 0.308 e. The van der Waals surface area contributed by atoms with Crippen molar-refractivity contribution in [2.45, 2.75) is 25.7 Å². The number of carbonyl (C=O) groups is 1. The molecule has 3 aromatic rings. The molecule has 0 bridgehead atoms. The summed E-state index contributed by atoms with van der Waals surface area (Å²) in [5.41, 5.74) is 5.37. The van der Waals surface area contributed by atoms with Gasteiger partial charge in [-0.2, -0.15) is 0 Å². The Hall–Kier alpha value is -2.58. The second-order valence-corrected chi connectivity index (χ2v) is 7.48. The Kier molecular flexibility index (Phi) is 5.26. The molecule has 1 amide bonds. The van der Waals surface area contributed by atoms with E-state index in [2.05, 4.69) is 36.4 Å². The molecule has 0 N–H and O–H groups in total. The normalized spacial score (nSPS) is 13.7. The van der Waals surface area contributed by atoms with E-state index in [0.29, 0.717) is 0 Å². The first-order chi connectivity index (χ1) is 13.2. The molecule has 0 unspecified atom stereocenters. The van der Waals surface area contributed by atoms with Gasteiger partial charge in [-0.3, -0.25) is 4.79 Å². The minimum Gasteiger partial charge on any atom is -0.308 e. The van der Waals surface area contributed by atoms with Crippen molar-refractivity contribution in [3.05, 3.63) is 100 Å². The fourth-order valence-corrected chi connectivity index (χ4v) is 3.88. The fraction of sp³-hybridized carbons (Fsp3) is 0.208. The lowest BCUT2D eigenvalue weighted by atomic mass is 10.0. The molecule has 4 rings (SSSR count). The minimum atomic E-state index is 0.0618. The van der Waals surface area contributed by atoms with Crippen LogP contribution in [0.3, 0.4) is 0 Å². The van der Waals surface area contributed by atoms with E-state index >= 15 is 0 Å². The predicted molar refractivity (Wildman–Crippen MR) is 112 cm³/mol. The standard InChI is InChI=1S/C24H22ClNO/c25-22-13-14-23-21(17-22)8-4-5-15-26(23)24(27)20-11-9-19(10-12-20)16-18-6-2-1-3-7-18/h1-3,6-7,9-14,17H,4-5,8,15-16H2. The second kappa shape index (κ2) is 7.98. The van der Waals surface area contributed by atoms with Crippen LogP contribution in [0.25, 0.3) is 0 Å². The summed E-state index contributed by atoms with van der Waals surface area (Å²) < 4.78 is 0. The van der Waals surface area contributed by atoms with Gasteiger partial charge in [-0.05, 0) is 72.7 Å². The van der Waals surface area contributed by atoms with Crippen LogP contribution in [0.4, 0.5) is 5.69 Å². The number of aryl methyl sites for hydroxylation is 1. The lowest BCUT2D eigenvalue weighted by molar-refractivity contribution is 0.0987. The van der Waals surface area contributed by atoms with E-state index in [0.717, 1.165) is 54.1 Å². The highest BCUT2D eigenvalue weighted by atomic mass is 35.5. The summed E-state index contributed by atoms with van der Waals surface area (Å²) in [6, 6.07) is 24.2. The van der Waals surface area contributed by atoms with Crippen molar-refractivity contribution >= 4 is 23.2 Å². The minimum absolute atomic E-state index is 0.0618. The van der Waals surface area contributed by atoms with E-state index in [1.807, 2.05) is 41.3 Å². The highest BCUT2D eigenvalue weighted by Gasteiger charge is 2.22. The van der Waals surface area contributed by atoms with Crippen molar-refractivity contribution in [1.29, 1.82) is 0 Å². The molecule has 0 spiro atoms. The highest BCUT2D eigenvalue weighted by molar-refractivity contribution is 6.30. The van der Waals surface area contributed by atoms with Gasteiger partial charge in [-0.25, -0.2) is 0 Å². The summed E-state index contributed by atoms with van der Waals surface area (Å²) in [6.45, 7) is 0.749. The van der Waals surface area contributed by atoms with E-state index in [1.165, 1.54) is 11.1 Å². The van der Waals surface area contributed by atoms with Crippen LogP contribution in [-0.4, -0.2) is 12.5 Å². The lowest BCUT2D eigenvalue weighted by Gasteiger charge is -2.23. The molecular formula is C24H22ClNO. The molecule has 1 aliphatic rings. The molecule has 0 radical (unpaired) electrons. The molecule has 3 aromatic carbocycles. The number of hydrogen-bond acceptors (Lipinski definition) is 1. The monoisotopic (exact) mass is 375 g/mol. The number of benzene rings is 3. The summed E-state index contributed by atoms with van der Waals surface area (Å²) in [7, 11) is 0. The van der Waals surface area contributed by atoms with Crippen molar-refractivity contribution in [3.63, 3.8) is 0 Å². The van der Waals surface area contributed by atoms with Crippen LogP contribution in [0.15, 0.2) is 72.8 Å². The molecule has 0 saturated heterocycles. The van der Waals surface area contributed by atoms with Crippen LogP contribution < -0.4 is 4.90 Å². The Labute approximate surface area is 165 Å². The van der Waals surface area contributed by atoms with E-state index in [-0.39, 0.29) is 5.91 Å². The fourth-order valence-electron chi connectivity index (χ4n) is 3.69. The Bertz CT molecular complexity index is 934. The Morgan fingerprint density at radius 3 is 2.41 bits per heavy atom. The van der Waals surface area contributed by atoms with Gasteiger partial charge in [0.1, 0.15) is 0 Å². The zero-order valence-electron chi connectivity index (χ0n) is 15.2. The molecule has 3 heteroatoms. The molecule has 0 saturated carbocycles. The van der Waals surface area contributed by atoms with Gasteiger partial charge in [0.25, 0.3) is 5.91 Å². The zero-order chi connectivity index (χ0) is 18.6. The Morgan fingerprint density at radius 2 is 1.63 bits per heavy atom. The third-order valence-corrected chi connectivity index (χ3v) is 5.34. The lowest BCUT2D eigenvalue weighted by Crippen LogP contribution is -2.31. The van der Waals surface area contributed by atoms with E-state index < -0.39 is 0 Å². The van der Waals surface area contributed by atoms with Gasteiger partial charge >= 0.3 is 0 Å². The van der Waals surface area contributed by atoms with Crippen LogP contribution in [0, 0.1) is 0 Å². The molecule has 1 aliphatic heterocycles. The quantitative estimate of drug-likeness (QED) is 0.557. The average Bonchev–Trinajstić information content (AvgIpc) is 2.91. The Balaban J connectivity index is 1.56. The van der Waals surface area contributed by atoms with Gasteiger partial charge in [-0.1, -0.05) is 54.1 Å². The van der Waals surface area contributed by atoms with Crippen LogP contribution in [0.5, 0.6) is 0 Å². The number of fused-ring (bicyclic) bond motifs is 1. The maximum absolute atomic E-state index is 13.2. The summed E-state index contributed by atoms with van der Waals surface area (Å²) in [5.74, 6) is 0.0618. The summed E-state index contributed by atoms with van der Waals surface area (Å²) in [4.78, 5) is 15.1. The van der Waals surface area contributed by atoms with E-state index in [1.54, 1.807) is 0 Å². The van der Waals surface area contributed by atoms with E-state index in [9.17, 15) is 4.79 Å². The maximum atomic E-state index is 13.2. The molecular weight excluding hydrogens is 354 g/mol. The van der Waals surface area contributed by atoms with Crippen LogP contribution >= 0.6 is 11.6 Å². The van der Waals surface area contributed by atoms with Gasteiger partial charge in [0.15, 0.2) is 0 Å². The van der Waals surface area contributed by atoms with Gasteiger partial charge in [0.2, 0.25) is 0 Å². The number of halogens is 1. The van der Waals surface area contributed by atoms with Crippen molar-refractivity contribution < 1.29 is 4.79 Å². The van der Waals surface area contributed by atoms with Crippen molar-refractivity contribution in [3.8, 4) is 0 Å². The zero-order valence-corrected chi connectivity index (χ0v) is 16.0. The first-order valence-electron chi connectivity index (χ1n) is 9.44. The van der Waals surface area contributed by atoms with Crippen LogP contribution in [0.2, 0.25) is 5.02 Å². The summed E-state index contributed by atoms with van der Waals surface area (Å²) >= 11 is 6.15. The van der Waals surface area contributed by atoms with Crippen molar-refractivity contribution in [2.24, 2.45) is 0 Å². The molecule has 27 heavy (non-hydrogen) atoms. The SMILES string of the molecule is O=C(c1ccc(Cc2ccccc2)cc1)N1CCCCc2cc(Cl)ccc21. The summed E-state index contributed by atoms with van der Waals surface area (Å²) in [6.07, 6.45) is 3.92. The third kappa shape index (κ3) is 4.06. The van der Waals surface area contributed by atoms with Gasteiger partial charge in [0, 0.05) is 22.8 Å². The molecule has 1 heterocycles. The number of anilines is 1. The van der Waals surface area contributed by atoms with Crippen LogP contribution in [0.1, 0.15) is 39.9 Å². The van der Waals surface area contributed by atoms with Gasteiger partial charge < -0.3 is 4.90 Å². The predicted octanol–water partition coefficient (Wildman–Crippen LogP) is 5.91. The smallest absolute Gasteiger partial charge is 0.258 e. The van der Waals surface area contributed by atoms with Gasteiger partial charge in [0.05, 0.1) is 0 Å². The molecule has 0 fully saturated rings. The molecule has 0 aromatic heterocycles. The first-order valence-corrected chi connectivity index (χ1v) is 9.82. The Morgan fingerprint density at radius 1 is 0.889 bits per heavy atom. The second-order valence-electron chi connectivity index (χ2n) is 7.05. The maximum Gasteiger partial charge on any atom is 0.258 e. The number of nitrogens with zero attached hydrogens (tertiary/aromatic N) is 1. The number of amides is 1. The van der Waals surface area contributed by atoms with Crippen LogP contribution in [-0.2, 0) is 12.8 Å². The topological polar surface area (TPSA) is 20.3 Å². The van der Waals surface area contributed by atoms with E-state index in [4.69, 9.17) is 11.6 Å². The van der Waals surface area contributed by atoms with Gasteiger partial charge in [-0.15, -0.1) is 0 Å².